The molecule has 0 bridgehead atoms. The lowest BCUT2D eigenvalue weighted by atomic mass is 9.89. The zero-order chi connectivity index (χ0) is 18.0. The van der Waals surface area contributed by atoms with Crippen LogP contribution in [0.25, 0.3) is 0 Å². The maximum Gasteiger partial charge on any atom is 0.225 e. The molecule has 132 valence electrons. The molecule has 0 saturated carbocycles. The van der Waals surface area contributed by atoms with Gasteiger partial charge in [-0.15, -0.1) is 0 Å². The molecule has 0 aromatic heterocycles. The number of hydrogen-bond donors (Lipinski definition) is 2. The van der Waals surface area contributed by atoms with Gasteiger partial charge in [-0.3, -0.25) is 4.79 Å². The van der Waals surface area contributed by atoms with Crippen molar-refractivity contribution in [2.24, 2.45) is 0 Å². The molecule has 2 aromatic carbocycles. The molecule has 0 aliphatic carbocycles. The van der Waals surface area contributed by atoms with Gasteiger partial charge in [-0.1, -0.05) is 18.2 Å². The Morgan fingerprint density at radius 1 is 1.32 bits per heavy atom. The molecule has 1 aliphatic rings. The third-order valence-corrected chi connectivity index (χ3v) is 4.37. The summed E-state index contributed by atoms with van der Waals surface area (Å²) in [6.45, 7) is 4.04. The monoisotopic (exact) mass is 340 g/mol. The Labute approximate surface area is 148 Å². The molecule has 1 amide bonds. The summed E-state index contributed by atoms with van der Waals surface area (Å²) >= 11 is 0. The minimum Gasteiger partial charge on any atom is -0.496 e. The van der Waals surface area contributed by atoms with E-state index in [1.165, 1.54) is 0 Å². The zero-order valence-corrected chi connectivity index (χ0v) is 14.8. The number of nitrogens with one attached hydrogen (secondary N) is 1. The lowest BCUT2D eigenvalue weighted by molar-refractivity contribution is -0.121. The summed E-state index contributed by atoms with van der Waals surface area (Å²) in [5, 5.41) is 3.13. The van der Waals surface area contributed by atoms with Crippen LogP contribution in [0.3, 0.4) is 0 Å². The smallest absolute Gasteiger partial charge is 0.225 e. The van der Waals surface area contributed by atoms with Crippen LogP contribution in [0.4, 0.5) is 5.69 Å². The predicted molar refractivity (Wildman–Crippen MR) is 97.8 cm³/mol. The first-order valence-electron chi connectivity index (χ1n) is 8.38. The van der Waals surface area contributed by atoms with Crippen LogP contribution in [0.1, 0.15) is 37.4 Å². The minimum absolute atomic E-state index is 0.0550. The second-order valence-corrected chi connectivity index (χ2v) is 6.97. The molecule has 1 atom stereocenters. The molecule has 1 unspecified atom stereocenters. The Balaban J connectivity index is 1.80. The van der Waals surface area contributed by atoms with Gasteiger partial charge in [-0.2, -0.15) is 0 Å². The largest absolute Gasteiger partial charge is 0.496 e. The van der Waals surface area contributed by atoms with Crippen LogP contribution in [0.15, 0.2) is 42.5 Å². The van der Waals surface area contributed by atoms with Crippen molar-refractivity contribution in [1.29, 1.82) is 0 Å². The zero-order valence-electron chi connectivity index (χ0n) is 14.8. The molecule has 0 fully saturated rings. The molecule has 0 saturated heterocycles. The van der Waals surface area contributed by atoms with Gasteiger partial charge >= 0.3 is 0 Å². The van der Waals surface area contributed by atoms with Gasteiger partial charge in [0.1, 0.15) is 17.1 Å². The van der Waals surface area contributed by atoms with Crippen molar-refractivity contribution in [1.82, 2.24) is 5.32 Å². The van der Waals surface area contributed by atoms with Gasteiger partial charge in [-0.25, -0.2) is 0 Å². The van der Waals surface area contributed by atoms with Gasteiger partial charge in [0.15, 0.2) is 0 Å². The molecule has 0 radical (unpaired) electrons. The summed E-state index contributed by atoms with van der Waals surface area (Å²) < 4.78 is 11.3. The number of carbonyl (C=O) groups excluding carboxylic acids is 1. The van der Waals surface area contributed by atoms with Crippen LogP contribution < -0.4 is 20.5 Å². The fourth-order valence-electron chi connectivity index (χ4n) is 3.27. The van der Waals surface area contributed by atoms with Gasteiger partial charge in [-0.05, 0) is 38.1 Å². The van der Waals surface area contributed by atoms with Gasteiger partial charge in [0, 0.05) is 23.2 Å². The second-order valence-electron chi connectivity index (χ2n) is 6.97. The van der Waals surface area contributed by atoms with E-state index in [-0.39, 0.29) is 24.0 Å². The van der Waals surface area contributed by atoms with E-state index in [0.29, 0.717) is 12.1 Å². The molecule has 5 nitrogen and oxygen atoms in total. The summed E-state index contributed by atoms with van der Waals surface area (Å²) in [6.07, 6.45) is 0.945. The van der Waals surface area contributed by atoms with Crippen LogP contribution in [0.5, 0.6) is 11.5 Å². The number of benzene rings is 2. The van der Waals surface area contributed by atoms with Crippen molar-refractivity contribution in [3.63, 3.8) is 0 Å². The van der Waals surface area contributed by atoms with Crippen LogP contribution in [0.2, 0.25) is 0 Å². The summed E-state index contributed by atoms with van der Waals surface area (Å²) in [7, 11) is 1.61. The van der Waals surface area contributed by atoms with E-state index in [4.69, 9.17) is 15.2 Å². The molecule has 25 heavy (non-hydrogen) atoms. The van der Waals surface area contributed by atoms with E-state index in [1.54, 1.807) is 7.11 Å². The molecule has 1 aliphatic heterocycles. The third kappa shape index (κ3) is 3.87. The first kappa shape index (κ1) is 17.1. The lowest BCUT2D eigenvalue weighted by Gasteiger charge is -2.38. The number of hydrogen-bond acceptors (Lipinski definition) is 4. The minimum atomic E-state index is -0.356. The average Bonchev–Trinajstić information content (AvgIpc) is 2.55. The molecule has 2 aromatic rings. The number of amides is 1. The molecule has 3 rings (SSSR count). The summed E-state index contributed by atoms with van der Waals surface area (Å²) in [5.41, 5.74) is 8.01. The van der Waals surface area contributed by atoms with Crippen molar-refractivity contribution in [3.05, 3.63) is 53.6 Å². The van der Waals surface area contributed by atoms with Gasteiger partial charge in [0.05, 0.1) is 19.6 Å². The maximum atomic E-state index is 12.6. The van der Waals surface area contributed by atoms with Gasteiger partial charge in [0.2, 0.25) is 5.91 Å². The van der Waals surface area contributed by atoms with Crippen LogP contribution in [-0.4, -0.2) is 18.6 Å². The van der Waals surface area contributed by atoms with Crippen molar-refractivity contribution < 1.29 is 14.3 Å². The van der Waals surface area contributed by atoms with E-state index in [0.717, 1.165) is 22.6 Å². The Hall–Kier alpha value is -2.69. The fourth-order valence-corrected chi connectivity index (χ4v) is 3.27. The fraction of sp³-hybridized carbons (Fsp3) is 0.350. The quantitative estimate of drug-likeness (QED) is 0.838. The maximum absolute atomic E-state index is 12.6. The predicted octanol–water partition coefficient (Wildman–Crippen LogP) is 3.24. The van der Waals surface area contributed by atoms with Crippen LogP contribution in [0, 0.1) is 0 Å². The van der Waals surface area contributed by atoms with Crippen molar-refractivity contribution in [2.45, 2.75) is 38.3 Å². The third-order valence-electron chi connectivity index (χ3n) is 4.37. The van der Waals surface area contributed by atoms with E-state index in [2.05, 4.69) is 5.32 Å². The second kappa shape index (κ2) is 6.67. The number of methoxy groups -OCH3 is 1. The Kier molecular flexibility index (Phi) is 4.57. The molecule has 5 heteroatoms. The van der Waals surface area contributed by atoms with E-state index < -0.39 is 0 Å². The highest BCUT2D eigenvalue weighted by Crippen LogP contribution is 2.40. The van der Waals surface area contributed by atoms with Crippen molar-refractivity contribution in [3.8, 4) is 11.5 Å². The number of anilines is 1. The number of para-hydroxylation sites is 1. The number of nitrogen functional groups attached to an aromatic ring is 1. The Morgan fingerprint density at radius 3 is 2.84 bits per heavy atom. The molecule has 3 N–H and O–H groups in total. The summed E-state index contributed by atoms with van der Waals surface area (Å²) in [5.74, 6) is 1.43. The topological polar surface area (TPSA) is 73.6 Å². The number of ether oxygens (including phenoxy) is 2. The highest BCUT2D eigenvalue weighted by molar-refractivity contribution is 5.80. The standard InChI is InChI=1S/C20H24N2O3/c1-20(2)12-16(15-11-14(21)8-9-18(15)25-20)22-19(23)10-13-6-4-5-7-17(13)24-3/h4-9,11,16H,10,12,21H2,1-3H3,(H,22,23). The Bertz CT molecular complexity index is 786. The van der Waals surface area contributed by atoms with Crippen molar-refractivity contribution >= 4 is 11.6 Å². The first-order valence-corrected chi connectivity index (χ1v) is 8.38. The molecule has 0 spiro atoms. The highest BCUT2D eigenvalue weighted by Gasteiger charge is 2.34. The average molecular weight is 340 g/mol. The van der Waals surface area contributed by atoms with E-state index >= 15 is 0 Å². The van der Waals surface area contributed by atoms with Crippen LogP contribution in [-0.2, 0) is 11.2 Å². The first-order chi connectivity index (χ1) is 11.9. The number of carbonyl (C=O) groups is 1. The van der Waals surface area contributed by atoms with E-state index in [9.17, 15) is 4.79 Å². The number of rotatable bonds is 4. The molecular weight excluding hydrogens is 316 g/mol. The van der Waals surface area contributed by atoms with E-state index in [1.807, 2.05) is 56.3 Å². The highest BCUT2D eigenvalue weighted by atomic mass is 16.5. The SMILES string of the molecule is COc1ccccc1CC(=O)NC1CC(C)(C)Oc2ccc(N)cc21. The summed E-state index contributed by atoms with van der Waals surface area (Å²) in [6, 6.07) is 13.0. The summed E-state index contributed by atoms with van der Waals surface area (Å²) in [4.78, 5) is 12.6. The number of nitrogens with two attached hydrogens (primary N) is 1. The normalized spacial score (nSPS) is 18.0. The molecular formula is C20H24N2O3. The van der Waals surface area contributed by atoms with Gasteiger partial charge in [0.25, 0.3) is 0 Å². The van der Waals surface area contributed by atoms with Gasteiger partial charge < -0.3 is 20.5 Å². The number of fused-ring (bicyclic) bond motifs is 1. The Morgan fingerprint density at radius 2 is 2.08 bits per heavy atom. The van der Waals surface area contributed by atoms with Crippen molar-refractivity contribution in [2.75, 3.05) is 12.8 Å². The molecule has 1 heterocycles. The van der Waals surface area contributed by atoms with Crippen LogP contribution >= 0.6 is 0 Å². The lowest BCUT2D eigenvalue weighted by Crippen LogP contribution is -2.41.